The van der Waals surface area contributed by atoms with Crippen molar-refractivity contribution in [2.75, 3.05) is 13.6 Å². The zero-order valence-corrected chi connectivity index (χ0v) is 10.6. The first-order chi connectivity index (χ1) is 7.07. The van der Waals surface area contributed by atoms with Crippen LogP contribution in [-0.2, 0) is 6.54 Å². The van der Waals surface area contributed by atoms with Gasteiger partial charge in [-0.25, -0.2) is 0 Å². The van der Waals surface area contributed by atoms with Crippen molar-refractivity contribution in [1.29, 1.82) is 0 Å². The smallest absolute Gasteiger partial charge is 0.0284 e. The van der Waals surface area contributed by atoms with Gasteiger partial charge in [-0.3, -0.25) is 0 Å². The fraction of sp³-hybridized carbons (Fsp3) is 0.500. The minimum Gasteiger partial charge on any atom is -0.324 e. The highest BCUT2D eigenvalue weighted by molar-refractivity contribution is 9.10. The zero-order chi connectivity index (χ0) is 10.9. The molecule has 1 fully saturated rings. The highest BCUT2D eigenvalue weighted by atomic mass is 79.9. The van der Waals surface area contributed by atoms with Gasteiger partial charge >= 0.3 is 0 Å². The molecule has 0 heterocycles. The van der Waals surface area contributed by atoms with Crippen molar-refractivity contribution in [3.8, 4) is 0 Å². The van der Waals surface area contributed by atoms with Crippen LogP contribution >= 0.6 is 15.9 Å². The van der Waals surface area contributed by atoms with E-state index in [4.69, 9.17) is 5.73 Å². The number of nitrogens with zero attached hydrogens (tertiary/aromatic N) is 1. The van der Waals surface area contributed by atoms with Crippen LogP contribution in [-0.4, -0.2) is 24.0 Å². The van der Waals surface area contributed by atoms with Crippen molar-refractivity contribution in [1.82, 2.24) is 4.90 Å². The Morgan fingerprint density at radius 2 is 1.93 bits per heavy atom. The minimum atomic E-state index is 0.115. The van der Waals surface area contributed by atoms with Crippen LogP contribution in [0.1, 0.15) is 18.4 Å². The van der Waals surface area contributed by atoms with E-state index in [-0.39, 0.29) is 5.54 Å². The molecule has 15 heavy (non-hydrogen) atoms. The fourth-order valence-electron chi connectivity index (χ4n) is 1.81. The first-order valence-electron chi connectivity index (χ1n) is 5.29. The van der Waals surface area contributed by atoms with Crippen LogP contribution in [0.4, 0.5) is 0 Å². The quantitative estimate of drug-likeness (QED) is 0.909. The molecule has 0 amide bonds. The van der Waals surface area contributed by atoms with Gasteiger partial charge in [0.15, 0.2) is 0 Å². The molecule has 0 aliphatic heterocycles. The van der Waals surface area contributed by atoms with Gasteiger partial charge in [-0.15, -0.1) is 0 Å². The maximum absolute atomic E-state index is 6.08. The SMILES string of the molecule is CN(Cc1ccc(Br)cc1)CC1(N)CC1. The molecule has 2 N–H and O–H groups in total. The van der Waals surface area contributed by atoms with Gasteiger partial charge in [0.1, 0.15) is 0 Å². The van der Waals surface area contributed by atoms with Gasteiger partial charge in [-0.1, -0.05) is 28.1 Å². The Balaban J connectivity index is 1.88. The van der Waals surface area contributed by atoms with Crippen LogP contribution in [0.3, 0.4) is 0 Å². The van der Waals surface area contributed by atoms with Gasteiger partial charge in [-0.05, 0) is 37.6 Å². The molecular formula is C12H17BrN2. The molecule has 1 aromatic carbocycles. The third-order valence-electron chi connectivity index (χ3n) is 2.84. The lowest BCUT2D eigenvalue weighted by Gasteiger charge is -2.20. The summed E-state index contributed by atoms with van der Waals surface area (Å²) < 4.78 is 1.13. The summed E-state index contributed by atoms with van der Waals surface area (Å²) in [5, 5.41) is 0. The maximum atomic E-state index is 6.08. The molecule has 0 radical (unpaired) electrons. The molecule has 1 saturated carbocycles. The number of halogens is 1. The largest absolute Gasteiger partial charge is 0.324 e. The van der Waals surface area contributed by atoms with E-state index in [1.54, 1.807) is 0 Å². The first kappa shape index (κ1) is 11.1. The minimum absolute atomic E-state index is 0.115. The van der Waals surface area contributed by atoms with E-state index in [0.717, 1.165) is 17.6 Å². The molecule has 3 heteroatoms. The molecule has 1 aliphatic carbocycles. The monoisotopic (exact) mass is 268 g/mol. The summed E-state index contributed by atoms with van der Waals surface area (Å²) in [6.45, 7) is 1.98. The highest BCUT2D eigenvalue weighted by Gasteiger charge is 2.38. The molecule has 0 atom stereocenters. The summed E-state index contributed by atoms with van der Waals surface area (Å²) in [6.07, 6.45) is 2.36. The molecular weight excluding hydrogens is 252 g/mol. The number of nitrogens with two attached hydrogens (primary N) is 1. The highest BCUT2D eigenvalue weighted by Crippen LogP contribution is 2.32. The van der Waals surface area contributed by atoms with Crippen molar-refractivity contribution in [3.05, 3.63) is 34.3 Å². The van der Waals surface area contributed by atoms with E-state index < -0.39 is 0 Å². The molecule has 0 unspecified atom stereocenters. The lowest BCUT2D eigenvalue weighted by Crippen LogP contribution is -2.36. The van der Waals surface area contributed by atoms with Crippen molar-refractivity contribution in [2.45, 2.75) is 24.9 Å². The fourth-order valence-corrected chi connectivity index (χ4v) is 2.08. The first-order valence-corrected chi connectivity index (χ1v) is 6.09. The average Bonchev–Trinajstić information content (AvgIpc) is 2.87. The third kappa shape index (κ3) is 3.30. The van der Waals surface area contributed by atoms with Gasteiger partial charge in [0.25, 0.3) is 0 Å². The van der Waals surface area contributed by atoms with Gasteiger partial charge in [0.05, 0.1) is 0 Å². The Morgan fingerprint density at radius 1 is 1.33 bits per heavy atom. The van der Waals surface area contributed by atoms with E-state index in [2.05, 4.69) is 52.1 Å². The lowest BCUT2D eigenvalue weighted by atomic mass is 10.2. The van der Waals surface area contributed by atoms with E-state index in [1.807, 2.05) is 0 Å². The molecule has 1 aliphatic rings. The second-order valence-electron chi connectivity index (χ2n) is 4.66. The number of hydrogen-bond acceptors (Lipinski definition) is 2. The standard InChI is InChI=1S/C12H17BrN2/c1-15(9-12(14)6-7-12)8-10-2-4-11(13)5-3-10/h2-5H,6-9,14H2,1H3. The second-order valence-corrected chi connectivity index (χ2v) is 5.58. The summed E-state index contributed by atoms with van der Waals surface area (Å²) >= 11 is 3.44. The molecule has 0 bridgehead atoms. The second kappa shape index (κ2) is 4.24. The van der Waals surface area contributed by atoms with Crippen molar-refractivity contribution in [2.24, 2.45) is 5.73 Å². The van der Waals surface area contributed by atoms with Crippen molar-refractivity contribution < 1.29 is 0 Å². The molecule has 2 nitrogen and oxygen atoms in total. The average molecular weight is 269 g/mol. The van der Waals surface area contributed by atoms with Gasteiger partial charge < -0.3 is 10.6 Å². The summed E-state index contributed by atoms with van der Waals surface area (Å²) in [6, 6.07) is 8.46. The molecule has 82 valence electrons. The van der Waals surface area contributed by atoms with Crippen molar-refractivity contribution in [3.63, 3.8) is 0 Å². The number of benzene rings is 1. The lowest BCUT2D eigenvalue weighted by molar-refractivity contribution is 0.296. The van der Waals surface area contributed by atoms with Crippen LogP contribution in [0.5, 0.6) is 0 Å². The zero-order valence-electron chi connectivity index (χ0n) is 9.04. The Labute approximate surface area is 99.6 Å². The van der Waals surface area contributed by atoms with Gasteiger partial charge in [-0.2, -0.15) is 0 Å². The summed E-state index contributed by atoms with van der Waals surface area (Å²) in [5.41, 5.74) is 7.53. The van der Waals surface area contributed by atoms with Crippen LogP contribution in [0.25, 0.3) is 0 Å². The molecule has 1 aromatic rings. The Kier molecular flexibility index (Phi) is 3.14. The number of likely N-dealkylation sites (N-methyl/N-ethyl adjacent to an activating group) is 1. The van der Waals surface area contributed by atoms with E-state index in [1.165, 1.54) is 18.4 Å². The predicted octanol–water partition coefficient (Wildman–Crippen LogP) is 2.37. The van der Waals surface area contributed by atoms with Crippen LogP contribution < -0.4 is 5.73 Å². The van der Waals surface area contributed by atoms with E-state index in [0.29, 0.717) is 0 Å². The number of rotatable bonds is 4. The number of hydrogen-bond donors (Lipinski definition) is 1. The third-order valence-corrected chi connectivity index (χ3v) is 3.37. The maximum Gasteiger partial charge on any atom is 0.0284 e. The molecule has 0 saturated heterocycles. The topological polar surface area (TPSA) is 29.3 Å². The van der Waals surface area contributed by atoms with Gasteiger partial charge in [0, 0.05) is 23.1 Å². The van der Waals surface area contributed by atoms with Crippen LogP contribution in [0.2, 0.25) is 0 Å². The Hall–Kier alpha value is -0.380. The van der Waals surface area contributed by atoms with Crippen molar-refractivity contribution >= 4 is 15.9 Å². The summed E-state index contributed by atoms with van der Waals surface area (Å²) in [4.78, 5) is 2.30. The summed E-state index contributed by atoms with van der Waals surface area (Å²) in [7, 11) is 2.13. The van der Waals surface area contributed by atoms with Gasteiger partial charge in [0.2, 0.25) is 0 Å². The Bertz CT molecular complexity index is 330. The molecule has 0 spiro atoms. The van der Waals surface area contributed by atoms with E-state index >= 15 is 0 Å². The molecule has 2 rings (SSSR count). The van der Waals surface area contributed by atoms with Crippen LogP contribution in [0, 0.1) is 0 Å². The van der Waals surface area contributed by atoms with E-state index in [9.17, 15) is 0 Å². The normalized spacial score (nSPS) is 18.1. The summed E-state index contributed by atoms with van der Waals surface area (Å²) in [5.74, 6) is 0. The Morgan fingerprint density at radius 3 is 2.47 bits per heavy atom. The van der Waals surface area contributed by atoms with Crippen LogP contribution in [0.15, 0.2) is 28.7 Å². The molecule has 0 aromatic heterocycles. The predicted molar refractivity (Wildman–Crippen MR) is 66.6 cm³/mol.